The van der Waals surface area contributed by atoms with Gasteiger partial charge in [-0.05, 0) is 16.5 Å². The number of aromatic amines is 1. The van der Waals surface area contributed by atoms with Gasteiger partial charge in [0.25, 0.3) is 0 Å². The minimum Gasteiger partial charge on any atom is -0.239 e. The highest BCUT2D eigenvalue weighted by molar-refractivity contribution is 6.17. The van der Waals surface area contributed by atoms with Gasteiger partial charge in [0, 0.05) is 16.7 Å². The van der Waals surface area contributed by atoms with Gasteiger partial charge < -0.3 is 0 Å². The first kappa shape index (κ1) is 10.9. The summed E-state index contributed by atoms with van der Waals surface area (Å²) in [4.78, 5) is 0. The first-order valence-corrected chi connectivity index (χ1v) is 6.14. The van der Waals surface area contributed by atoms with Gasteiger partial charge in [0.1, 0.15) is 5.71 Å². The van der Waals surface area contributed by atoms with E-state index in [1.165, 1.54) is 0 Å². The molecule has 1 N–H and O–H groups in total. The Kier molecular flexibility index (Phi) is 2.32. The van der Waals surface area contributed by atoms with Crippen LogP contribution in [0.2, 0.25) is 0 Å². The Labute approximate surface area is 114 Å². The fraction of sp³-hybridized carbons (Fsp3) is 0. The van der Waals surface area contributed by atoms with Crippen LogP contribution in [0.5, 0.6) is 0 Å². The van der Waals surface area contributed by atoms with Crippen LogP contribution in [0.1, 0.15) is 11.1 Å². The van der Waals surface area contributed by atoms with Crippen molar-refractivity contribution in [2.45, 2.75) is 0 Å². The van der Waals surface area contributed by atoms with Crippen molar-refractivity contribution in [2.24, 2.45) is 5.10 Å². The molecule has 3 aromatic rings. The first-order valence-electron chi connectivity index (χ1n) is 6.14. The van der Waals surface area contributed by atoms with E-state index in [1.807, 2.05) is 48.5 Å². The lowest BCUT2D eigenvalue weighted by molar-refractivity contribution is 0.881. The van der Waals surface area contributed by atoms with Crippen molar-refractivity contribution >= 4 is 11.4 Å². The van der Waals surface area contributed by atoms with Crippen LogP contribution in [0.15, 0.2) is 53.6 Å². The maximum atomic E-state index is 4.26. The van der Waals surface area contributed by atoms with E-state index in [9.17, 15) is 0 Å². The normalized spacial score (nSPS) is 12.7. The summed E-state index contributed by atoms with van der Waals surface area (Å²) in [6.07, 6.45) is 0. The summed E-state index contributed by atoms with van der Waals surface area (Å²) < 4.78 is 0. The molecule has 0 saturated carbocycles. The van der Waals surface area contributed by atoms with Crippen molar-refractivity contribution in [1.29, 1.82) is 0 Å². The van der Waals surface area contributed by atoms with Gasteiger partial charge in [0.05, 0.1) is 5.69 Å². The Morgan fingerprint density at radius 1 is 0.850 bits per heavy atom. The van der Waals surface area contributed by atoms with Crippen molar-refractivity contribution in [3.8, 4) is 11.4 Å². The zero-order valence-corrected chi connectivity index (χ0v) is 10.4. The van der Waals surface area contributed by atoms with Crippen molar-refractivity contribution in [1.82, 2.24) is 26.0 Å². The van der Waals surface area contributed by atoms with E-state index in [1.54, 1.807) is 0 Å². The van der Waals surface area contributed by atoms with Gasteiger partial charge in [0.2, 0.25) is 0 Å². The monoisotopic (exact) mass is 261 g/mol. The van der Waals surface area contributed by atoms with Gasteiger partial charge in [-0.15, -0.1) is 15.6 Å². The molecule has 2 aromatic carbocycles. The van der Waals surface area contributed by atoms with Crippen LogP contribution in [0.25, 0.3) is 11.4 Å². The minimum atomic E-state index is 0.648. The quantitative estimate of drug-likeness (QED) is 0.764. The topological polar surface area (TPSA) is 80.9 Å². The second-order valence-electron chi connectivity index (χ2n) is 4.39. The summed E-state index contributed by atoms with van der Waals surface area (Å²) in [7, 11) is 0. The molecule has 0 amide bonds. The molecule has 6 heteroatoms. The molecule has 0 saturated heterocycles. The summed E-state index contributed by atoms with van der Waals surface area (Å²) >= 11 is 0. The third kappa shape index (κ3) is 1.66. The number of benzene rings is 2. The second-order valence-corrected chi connectivity index (χ2v) is 4.39. The van der Waals surface area contributed by atoms with Crippen LogP contribution in [-0.2, 0) is 0 Å². The fourth-order valence-electron chi connectivity index (χ4n) is 2.20. The Hall–Kier alpha value is -3.02. The van der Waals surface area contributed by atoms with Crippen LogP contribution in [0, 0.1) is 0 Å². The molecule has 1 aliphatic rings. The minimum absolute atomic E-state index is 0.648. The Bertz CT molecular complexity index is 774. The highest BCUT2D eigenvalue weighted by atomic mass is 15.5. The Balaban J connectivity index is 1.71. The van der Waals surface area contributed by atoms with Gasteiger partial charge in [-0.25, -0.2) is 5.10 Å². The predicted molar refractivity (Wildman–Crippen MR) is 73.5 cm³/mol. The van der Waals surface area contributed by atoms with E-state index in [2.05, 4.69) is 31.2 Å². The van der Waals surface area contributed by atoms with Crippen LogP contribution in [-0.4, -0.2) is 26.3 Å². The van der Waals surface area contributed by atoms with Crippen LogP contribution < -0.4 is 5.43 Å². The van der Waals surface area contributed by atoms with Crippen molar-refractivity contribution in [3.05, 3.63) is 59.7 Å². The molecule has 1 aliphatic heterocycles. The van der Waals surface area contributed by atoms with Crippen molar-refractivity contribution < 1.29 is 0 Å². The number of tetrazole rings is 1. The fourth-order valence-corrected chi connectivity index (χ4v) is 2.20. The lowest BCUT2D eigenvalue weighted by atomic mass is 10.0. The molecule has 2 heterocycles. The van der Waals surface area contributed by atoms with E-state index in [4.69, 9.17) is 0 Å². The maximum absolute atomic E-state index is 4.26. The lowest BCUT2D eigenvalue weighted by Gasteiger charge is -2.02. The molecule has 0 atom stereocenters. The van der Waals surface area contributed by atoms with E-state index in [-0.39, 0.29) is 0 Å². The van der Waals surface area contributed by atoms with Crippen molar-refractivity contribution in [2.75, 3.05) is 0 Å². The average molecular weight is 261 g/mol. The molecule has 0 bridgehead atoms. The predicted octanol–water partition coefficient (Wildman–Crippen LogP) is 1.87. The second kappa shape index (κ2) is 4.27. The molecule has 20 heavy (non-hydrogen) atoms. The Morgan fingerprint density at radius 2 is 1.65 bits per heavy atom. The number of nitrogens with one attached hydrogen (secondary N) is 1. The van der Waals surface area contributed by atoms with Gasteiger partial charge >= 0.3 is 0 Å². The standard InChI is InChI=1S/C14H9N6/c1-2-4-12-11(3-1)13(16-15-12)9-5-7-10(8-6-9)14-17-19-20-18-14/h1-8H,(H,17,18,19,20). The van der Waals surface area contributed by atoms with Gasteiger partial charge in [0.15, 0.2) is 5.82 Å². The molecule has 0 unspecified atom stereocenters. The van der Waals surface area contributed by atoms with E-state index in [0.29, 0.717) is 5.82 Å². The van der Waals surface area contributed by atoms with E-state index < -0.39 is 0 Å². The van der Waals surface area contributed by atoms with Crippen LogP contribution >= 0.6 is 0 Å². The summed E-state index contributed by atoms with van der Waals surface area (Å²) in [6.45, 7) is 0. The van der Waals surface area contributed by atoms with Crippen LogP contribution in [0.3, 0.4) is 0 Å². The molecule has 1 radical (unpaired) electrons. The lowest BCUT2D eigenvalue weighted by Crippen LogP contribution is -1.99. The number of rotatable bonds is 2. The molecule has 95 valence electrons. The zero-order chi connectivity index (χ0) is 13.4. The molecule has 0 fully saturated rings. The molecule has 4 rings (SSSR count). The molecule has 0 spiro atoms. The number of nitrogens with zero attached hydrogens (tertiary/aromatic N) is 5. The third-order valence-electron chi connectivity index (χ3n) is 3.19. The average Bonchev–Trinajstić information content (AvgIpc) is 3.17. The molecule has 0 aliphatic carbocycles. The maximum Gasteiger partial charge on any atom is 0.179 e. The number of hydrogen-bond donors (Lipinski definition) is 1. The highest BCUT2D eigenvalue weighted by Crippen LogP contribution is 2.26. The van der Waals surface area contributed by atoms with E-state index in [0.717, 1.165) is 28.1 Å². The summed E-state index contributed by atoms with van der Waals surface area (Å²) in [5.41, 5.74) is 8.99. The zero-order valence-electron chi connectivity index (χ0n) is 10.4. The largest absolute Gasteiger partial charge is 0.239 e. The number of H-pyrrole nitrogens is 1. The molecular formula is C14H9N6. The van der Waals surface area contributed by atoms with Gasteiger partial charge in [-0.1, -0.05) is 42.5 Å². The molecular weight excluding hydrogens is 252 g/mol. The summed E-state index contributed by atoms with van der Waals surface area (Å²) in [5, 5.41) is 18.0. The summed E-state index contributed by atoms with van der Waals surface area (Å²) in [6, 6.07) is 15.8. The first-order chi connectivity index (χ1) is 9.92. The molecule has 1 aromatic heterocycles. The van der Waals surface area contributed by atoms with E-state index >= 15 is 0 Å². The number of fused-ring (bicyclic) bond motifs is 1. The SMILES string of the molecule is c1ccc2c(c1)[N]N=C2c1ccc(-c2nnn[nH]2)cc1. The smallest absolute Gasteiger partial charge is 0.179 e. The van der Waals surface area contributed by atoms with Crippen molar-refractivity contribution in [3.63, 3.8) is 0 Å². The summed E-state index contributed by atoms with van der Waals surface area (Å²) in [5.74, 6) is 0.648. The van der Waals surface area contributed by atoms with Crippen LogP contribution in [0.4, 0.5) is 5.69 Å². The molecule has 6 nitrogen and oxygen atoms in total. The Morgan fingerprint density at radius 3 is 2.45 bits per heavy atom. The van der Waals surface area contributed by atoms with Gasteiger partial charge in [-0.2, -0.15) is 0 Å². The number of aromatic nitrogens is 4. The third-order valence-corrected chi connectivity index (χ3v) is 3.19. The highest BCUT2D eigenvalue weighted by Gasteiger charge is 2.18. The van der Waals surface area contributed by atoms with Gasteiger partial charge in [-0.3, -0.25) is 0 Å². The number of hydrogen-bond acceptors (Lipinski definition) is 4.